The van der Waals surface area contributed by atoms with Gasteiger partial charge in [0.05, 0.1) is 5.56 Å². The van der Waals surface area contributed by atoms with Gasteiger partial charge in [0.1, 0.15) is 11.6 Å². The van der Waals surface area contributed by atoms with Crippen LogP contribution in [-0.2, 0) is 0 Å². The Morgan fingerprint density at radius 3 is 2.80 bits per heavy atom. The molecule has 3 aromatic rings. The second-order valence-corrected chi connectivity index (χ2v) is 5.01. The van der Waals surface area contributed by atoms with Crippen LogP contribution in [0.15, 0.2) is 51.5 Å². The zero-order valence-corrected chi connectivity index (χ0v) is 11.6. The summed E-state index contributed by atoms with van der Waals surface area (Å²) in [6.45, 7) is 0. The molecule has 0 atom stereocenters. The number of halogens is 2. The van der Waals surface area contributed by atoms with E-state index in [0.29, 0.717) is 10.0 Å². The van der Waals surface area contributed by atoms with Crippen molar-refractivity contribution in [3.05, 3.63) is 52.8 Å². The van der Waals surface area contributed by atoms with Crippen molar-refractivity contribution in [2.45, 2.75) is 0 Å². The van der Waals surface area contributed by atoms with Gasteiger partial charge in [-0.2, -0.15) is 4.98 Å². The van der Waals surface area contributed by atoms with E-state index in [2.05, 4.69) is 26.1 Å². The van der Waals surface area contributed by atoms with Crippen LogP contribution < -0.4 is 0 Å². The molecule has 4 nitrogen and oxygen atoms in total. The Morgan fingerprint density at radius 1 is 1.15 bits per heavy atom. The van der Waals surface area contributed by atoms with E-state index < -0.39 is 5.82 Å². The first-order valence-electron chi connectivity index (χ1n) is 5.72. The number of benzene rings is 2. The van der Waals surface area contributed by atoms with Crippen LogP contribution in [0, 0.1) is 5.82 Å². The summed E-state index contributed by atoms with van der Waals surface area (Å²) in [5.41, 5.74) is 0.814. The molecule has 1 aromatic heterocycles. The minimum Gasteiger partial charge on any atom is -0.508 e. The molecule has 0 spiro atoms. The Kier molecular flexibility index (Phi) is 3.23. The van der Waals surface area contributed by atoms with E-state index in [1.54, 1.807) is 30.3 Å². The van der Waals surface area contributed by atoms with Crippen LogP contribution in [0.2, 0.25) is 0 Å². The highest BCUT2D eigenvalue weighted by molar-refractivity contribution is 9.10. The van der Waals surface area contributed by atoms with Gasteiger partial charge < -0.3 is 9.63 Å². The summed E-state index contributed by atoms with van der Waals surface area (Å²) in [5.74, 6) is 0.0270. The molecule has 0 saturated carbocycles. The Labute approximate surface area is 122 Å². The monoisotopic (exact) mass is 334 g/mol. The summed E-state index contributed by atoms with van der Waals surface area (Å²) >= 11 is 3.27. The lowest BCUT2D eigenvalue weighted by Crippen LogP contribution is -1.85. The zero-order chi connectivity index (χ0) is 14.1. The van der Waals surface area contributed by atoms with Crippen LogP contribution in [0.3, 0.4) is 0 Å². The molecular weight excluding hydrogens is 327 g/mol. The lowest BCUT2D eigenvalue weighted by molar-refractivity contribution is 0.429. The van der Waals surface area contributed by atoms with Crippen molar-refractivity contribution in [1.29, 1.82) is 0 Å². The third-order valence-corrected chi connectivity index (χ3v) is 3.18. The van der Waals surface area contributed by atoms with E-state index in [0.717, 1.165) is 0 Å². The van der Waals surface area contributed by atoms with Crippen molar-refractivity contribution < 1.29 is 14.0 Å². The smallest absolute Gasteiger partial charge is 0.261 e. The lowest BCUT2D eigenvalue weighted by Gasteiger charge is -1.97. The molecule has 0 bridgehead atoms. The van der Waals surface area contributed by atoms with Gasteiger partial charge in [-0.05, 0) is 30.3 Å². The summed E-state index contributed by atoms with van der Waals surface area (Å²) in [7, 11) is 0. The quantitative estimate of drug-likeness (QED) is 0.769. The zero-order valence-electron chi connectivity index (χ0n) is 10.0. The molecule has 3 rings (SSSR count). The molecule has 0 radical (unpaired) electrons. The molecule has 1 heterocycles. The summed E-state index contributed by atoms with van der Waals surface area (Å²) in [6.07, 6.45) is 0. The fourth-order valence-electron chi connectivity index (χ4n) is 1.76. The second kappa shape index (κ2) is 5.05. The van der Waals surface area contributed by atoms with Crippen molar-refractivity contribution in [2.75, 3.05) is 0 Å². The average molecular weight is 335 g/mol. The number of phenols is 1. The van der Waals surface area contributed by atoms with Crippen LogP contribution >= 0.6 is 15.9 Å². The first kappa shape index (κ1) is 12.8. The van der Waals surface area contributed by atoms with Crippen molar-refractivity contribution in [3.63, 3.8) is 0 Å². The van der Waals surface area contributed by atoms with Crippen molar-refractivity contribution in [2.24, 2.45) is 0 Å². The Bertz CT molecular complexity index is 773. The lowest BCUT2D eigenvalue weighted by atomic mass is 10.2. The van der Waals surface area contributed by atoms with Crippen LogP contribution in [0.25, 0.3) is 22.8 Å². The molecule has 6 heteroatoms. The first-order chi connectivity index (χ1) is 9.63. The van der Waals surface area contributed by atoms with Crippen molar-refractivity contribution in [1.82, 2.24) is 10.1 Å². The van der Waals surface area contributed by atoms with Crippen molar-refractivity contribution in [3.8, 4) is 28.6 Å². The largest absolute Gasteiger partial charge is 0.508 e. The highest BCUT2D eigenvalue weighted by Gasteiger charge is 2.15. The molecule has 0 aliphatic rings. The van der Waals surface area contributed by atoms with Crippen LogP contribution in [0.1, 0.15) is 0 Å². The molecule has 0 fully saturated rings. The first-order valence-corrected chi connectivity index (χ1v) is 6.51. The number of hydrogen-bond acceptors (Lipinski definition) is 4. The molecule has 1 N–H and O–H groups in total. The van der Waals surface area contributed by atoms with Gasteiger partial charge in [0.25, 0.3) is 5.89 Å². The topological polar surface area (TPSA) is 59.2 Å². The van der Waals surface area contributed by atoms with Gasteiger partial charge in [-0.25, -0.2) is 4.39 Å². The Hall–Kier alpha value is -2.21. The average Bonchev–Trinajstić information content (AvgIpc) is 2.91. The number of phenolic OH excluding ortho intramolecular Hbond substituents is 1. The Balaban J connectivity index is 2.04. The third kappa shape index (κ3) is 2.42. The predicted octanol–water partition coefficient (Wildman–Crippen LogP) is 4.01. The Morgan fingerprint density at radius 2 is 2.00 bits per heavy atom. The highest BCUT2D eigenvalue weighted by atomic mass is 79.9. The van der Waals surface area contributed by atoms with Gasteiger partial charge >= 0.3 is 0 Å². The molecule has 20 heavy (non-hydrogen) atoms. The summed E-state index contributed by atoms with van der Waals surface area (Å²) in [6, 6.07) is 10.9. The van der Waals surface area contributed by atoms with E-state index >= 15 is 0 Å². The second-order valence-electron chi connectivity index (χ2n) is 4.10. The maximum absolute atomic E-state index is 13.7. The standard InChI is InChI=1S/C14H8BrFN2O2/c15-9-4-5-12(16)11(7-9)14-17-13(18-20-14)8-2-1-3-10(19)6-8/h1-7,19H. The van der Waals surface area contributed by atoms with Gasteiger partial charge in [-0.3, -0.25) is 0 Å². The molecule has 0 amide bonds. The minimum absolute atomic E-state index is 0.0853. The molecule has 0 saturated heterocycles. The van der Waals surface area contributed by atoms with Gasteiger partial charge in [0.15, 0.2) is 0 Å². The SMILES string of the molecule is Oc1cccc(-c2noc(-c3cc(Br)ccc3F)n2)c1. The molecule has 100 valence electrons. The molecular formula is C14H8BrFN2O2. The fraction of sp³-hybridized carbons (Fsp3) is 0. The van der Waals surface area contributed by atoms with E-state index in [-0.39, 0.29) is 23.0 Å². The van der Waals surface area contributed by atoms with Crippen LogP contribution in [-0.4, -0.2) is 15.2 Å². The minimum atomic E-state index is -0.445. The van der Waals surface area contributed by atoms with Crippen molar-refractivity contribution >= 4 is 15.9 Å². The number of aromatic hydroxyl groups is 1. The predicted molar refractivity (Wildman–Crippen MR) is 74.5 cm³/mol. The maximum Gasteiger partial charge on any atom is 0.261 e. The van der Waals surface area contributed by atoms with E-state index in [1.165, 1.54) is 12.1 Å². The van der Waals surface area contributed by atoms with E-state index in [9.17, 15) is 9.50 Å². The van der Waals surface area contributed by atoms with Gasteiger partial charge in [-0.15, -0.1) is 0 Å². The molecule has 0 unspecified atom stereocenters. The maximum atomic E-state index is 13.7. The summed E-state index contributed by atoms with van der Waals surface area (Å²) < 4.78 is 19.5. The molecule has 2 aromatic carbocycles. The summed E-state index contributed by atoms with van der Waals surface area (Å²) in [5, 5.41) is 13.2. The van der Waals surface area contributed by atoms with E-state index in [4.69, 9.17) is 4.52 Å². The van der Waals surface area contributed by atoms with Gasteiger partial charge in [0, 0.05) is 10.0 Å². The number of aromatic nitrogens is 2. The molecule has 0 aliphatic heterocycles. The number of nitrogens with zero attached hydrogens (tertiary/aromatic N) is 2. The van der Waals surface area contributed by atoms with Gasteiger partial charge in [0.2, 0.25) is 5.82 Å². The fourth-order valence-corrected chi connectivity index (χ4v) is 2.12. The number of rotatable bonds is 2. The summed E-state index contributed by atoms with van der Waals surface area (Å²) in [4.78, 5) is 4.14. The van der Waals surface area contributed by atoms with Gasteiger partial charge in [-0.1, -0.05) is 33.2 Å². The normalized spacial score (nSPS) is 10.7. The third-order valence-electron chi connectivity index (χ3n) is 2.69. The molecule has 0 aliphatic carbocycles. The van der Waals surface area contributed by atoms with E-state index in [1.807, 2.05) is 0 Å². The van der Waals surface area contributed by atoms with Crippen LogP contribution in [0.5, 0.6) is 5.75 Å². The highest BCUT2D eigenvalue weighted by Crippen LogP contribution is 2.27. The van der Waals surface area contributed by atoms with Crippen LogP contribution in [0.4, 0.5) is 4.39 Å². The number of hydrogen-bond donors (Lipinski definition) is 1.